The smallest absolute Gasteiger partial charge is 0.336 e. The van der Waals surface area contributed by atoms with Crippen LogP contribution in [0.25, 0.3) is 0 Å². The number of nitrogens with one attached hydrogen (secondary N) is 1. The number of H-pyrrole nitrogens is 1. The molecule has 1 aliphatic rings. The molecule has 1 unspecified atom stereocenters. The lowest BCUT2D eigenvalue weighted by Crippen LogP contribution is -2.23. The molecule has 0 saturated carbocycles. The fraction of sp³-hybridized carbons (Fsp3) is 0.538. The number of aromatic amines is 1. The fourth-order valence-corrected chi connectivity index (χ4v) is 2.67. The summed E-state index contributed by atoms with van der Waals surface area (Å²) in [6.07, 6.45) is 4.85. The van der Waals surface area contributed by atoms with Crippen LogP contribution in [-0.4, -0.2) is 16.1 Å². The Labute approximate surface area is 99.7 Å². The molecule has 0 aromatic carbocycles. The Morgan fingerprint density at radius 1 is 1.59 bits per heavy atom. The Balaban J connectivity index is 2.41. The number of carboxylic acid groups (broad SMARTS) is 1. The summed E-state index contributed by atoms with van der Waals surface area (Å²) >= 11 is 0. The third-order valence-corrected chi connectivity index (χ3v) is 3.46. The summed E-state index contributed by atoms with van der Waals surface area (Å²) in [6.45, 7) is 2.14. The molecule has 0 saturated heterocycles. The molecule has 0 spiro atoms. The van der Waals surface area contributed by atoms with Gasteiger partial charge >= 0.3 is 5.97 Å². The van der Waals surface area contributed by atoms with E-state index >= 15 is 0 Å². The zero-order valence-electron chi connectivity index (χ0n) is 9.95. The predicted octanol–water partition coefficient (Wildman–Crippen LogP) is 1.98. The number of aromatic carboxylic acids is 1. The summed E-state index contributed by atoms with van der Waals surface area (Å²) in [5, 5.41) is 9.13. The van der Waals surface area contributed by atoms with Crippen molar-refractivity contribution in [2.75, 3.05) is 0 Å². The van der Waals surface area contributed by atoms with Crippen LogP contribution in [0.4, 0.5) is 0 Å². The van der Waals surface area contributed by atoms with E-state index in [4.69, 9.17) is 5.11 Å². The topological polar surface area (TPSA) is 70.2 Å². The summed E-state index contributed by atoms with van der Waals surface area (Å²) in [6, 6.07) is 1.20. The van der Waals surface area contributed by atoms with E-state index in [1.54, 1.807) is 0 Å². The number of fused-ring (bicyclic) bond motifs is 1. The first-order valence-corrected chi connectivity index (χ1v) is 6.10. The van der Waals surface area contributed by atoms with Gasteiger partial charge in [-0.25, -0.2) is 4.79 Å². The molecular weight excluding hydrogens is 218 g/mol. The lowest BCUT2D eigenvalue weighted by molar-refractivity contribution is 0.0694. The number of pyridine rings is 1. The second-order valence-corrected chi connectivity index (χ2v) is 4.71. The number of carbonyl (C=O) groups is 1. The number of aromatic nitrogens is 1. The van der Waals surface area contributed by atoms with Crippen molar-refractivity contribution in [3.63, 3.8) is 0 Å². The highest BCUT2D eigenvalue weighted by Crippen LogP contribution is 2.28. The van der Waals surface area contributed by atoms with Crippen LogP contribution in [0.2, 0.25) is 0 Å². The van der Waals surface area contributed by atoms with Gasteiger partial charge in [-0.05, 0) is 30.7 Å². The Kier molecular flexibility index (Phi) is 3.31. The highest BCUT2D eigenvalue weighted by molar-refractivity contribution is 5.89. The first-order chi connectivity index (χ1) is 8.11. The molecule has 0 fully saturated rings. The molecule has 4 heteroatoms. The zero-order valence-corrected chi connectivity index (χ0v) is 9.95. The molecule has 2 N–H and O–H groups in total. The van der Waals surface area contributed by atoms with Gasteiger partial charge in [-0.2, -0.15) is 0 Å². The van der Waals surface area contributed by atoms with E-state index in [9.17, 15) is 9.59 Å². The van der Waals surface area contributed by atoms with Crippen LogP contribution in [0.5, 0.6) is 0 Å². The molecular formula is C13H17NO3. The van der Waals surface area contributed by atoms with Crippen LogP contribution in [0.15, 0.2) is 10.9 Å². The van der Waals surface area contributed by atoms with E-state index in [1.807, 2.05) is 0 Å². The lowest BCUT2D eigenvalue weighted by Gasteiger charge is -2.24. The van der Waals surface area contributed by atoms with Crippen LogP contribution in [0.1, 0.15) is 47.8 Å². The Morgan fingerprint density at radius 2 is 2.35 bits per heavy atom. The molecule has 1 aromatic heterocycles. The molecule has 0 amide bonds. The largest absolute Gasteiger partial charge is 0.478 e. The number of rotatable bonds is 3. The van der Waals surface area contributed by atoms with Crippen molar-refractivity contribution in [2.45, 2.75) is 39.0 Å². The Hall–Kier alpha value is -1.58. The second kappa shape index (κ2) is 4.73. The summed E-state index contributed by atoms with van der Waals surface area (Å²) in [5.41, 5.74) is 1.53. The van der Waals surface area contributed by atoms with Crippen molar-refractivity contribution in [2.24, 2.45) is 5.92 Å². The van der Waals surface area contributed by atoms with Gasteiger partial charge < -0.3 is 10.1 Å². The van der Waals surface area contributed by atoms with Crippen LogP contribution in [0, 0.1) is 5.92 Å². The third kappa shape index (κ3) is 2.40. The van der Waals surface area contributed by atoms with Gasteiger partial charge in [0.25, 0.3) is 0 Å². The van der Waals surface area contributed by atoms with E-state index in [-0.39, 0.29) is 11.1 Å². The zero-order chi connectivity index (χ0) is 12.4. The quantitative estimate of drug-likeness (QED) is 0.841. The van der Waals surface area contributed by atoms with Crippen molar-refractivity contribution >= 4 is 5.97 Å². The van der Waals surface area contributed by atoms with Gasteiger partial charge in [-0.3, -0.25) is 4.79 Å². The van der Waals surface area contributed by atoms with Gasteiger partial charge in [-0.15, -0.1) is 0 Å². The monoisotopic (exact) mass is 235 g/mol. The molecule has 1 heterocycles. The molecule has 1 aromatic rings. The van der Waals surface area contributed by atoms with Crippen molar-refractivity contribution in [1.82, 2.24) is 4.98 Å². The fourth-order valence-electron chi connectivity index (χ4n) is 2.67. The first-order valence-electron chi connectivity index (χ1n) is 6.10. The van der Waals surface area contributed by atoms with Gasteiger partial charge in [0.05, 0.1) is 5.56 Å². The maximum Gasteiger partial charge on any atom is 0.336 e. The van der Waals surface area contributed by atoms with Gasteiger partial charge in [0.15, 0.2) is 0 Å². The van der Waals surface area contributed by atoms with Crippen LogP contribution in [-0.2, 0) is 12.8 Å². The lowest BCUT2D eigenvalue weighted by atomic mass is 9.82. The van der Waals surface area contributed by atoms with E-state index < -0.39 is 5.97 Å². The Morgan fingerprint density at radius 3 is 3.00 bits per heavy atom. The summed E-state index contributed by atoms with van der Waals surface area (Å²) in [4.78, 5) is 25.3. The van der Waals surface area contributed by atoms with Crippen LogP contribution >= 0.6 is 0 Å². The van der Waals surface area contributed by atoms with Gasteiger partial charge in [0, 0.05) is 11.8 Å². The van der Waals surface area contributed by atoms with Crippen molar-refractivity contribution in [3.8, 4) is 0 Å². The molecule has 92 valence electrons. The van der Waals surface area contributed by atoms with E-state index in [0.29, 0.717) is 5.92 Å². The highest BCUT2D eigenvalue weighted by atomic mass is 16.4. The summed E-state index contributed by atoms with van der Waals surface area (Å²) in [7, 11) is 0. The van der Waals surface area contributed by atoms with Crippen molar-refractivity contribution < 1.29 is 9.90 Å². The average Bonchev–Trinajstić information content (AvgIpc) is 2.28. The minimum atomic E-state index is -0.996. The maximum absolute atomic E-state index is 11.4. The van der Waals surface area contributed by atoms with Crippen molar-refractivity contribution in [3.05, 3.63) is 33.2 Å². The van der Waals surface area contributed by atoms with E-state index in [0.717, 1.165) is 43.4 Å². The molecule has 0 aliphatic heterocycles. The van der Waals surface area contributed by atoms with Gasteiger partial charge in [0.1, 0.15) is 0 Å². The first kappa shape index (κ1) is 11.9. The molecule has 0 bridgehead atoms. The average molecular weight is 235 g/mol. The van der Waals surface area contributed by atoms with Gasteiger partial charge in [0.2, 0.25) is 5.56 Å². The molecule has 4 nitrogen and oxygen atoms in total. The molecule has 2 rings (SSSR count). The molecule has 0 radical (unpaired) electrons. The Bertz CT molecular complexity index is 490. The molecule has 1 aliphatic carbocycles. The van der Waals surface area contributed by atoms with Crippen LogP contribution < -0.4 is 5.56 Å². The number of hydrogen-bond donors (Lipinski definition) is 2. The number of hydrogen-bond acceptors (Lipinski definition) is 2. The second-order valence-electron chi connectivity index (χ2n) is 4.71. The predicted molar refractivity (Wildman–Crippen MR) is 64.4 cm³/mol. The normalized spacial score (nSPS) is 18.8. The van der Waals surface area contributed by atoms with Gasteiger partial charge in [-0.1, -0.05) is 19.8 Å². The third-order valence-electron chi connectivity index (χ3n) is 3.46. The van der Waals surface area contributed by atoms with Crippen LogP contribution in [0.3, 0.4) is 0 Å². The maximum atomic E-state index is 11.4. The summed E-state index contributed by atoms with van der Waals surface area (Å²) < 4.78 is 0. The van der Waals surface area contributed by atoms with Crippen molar-refractivity contribution in [1.29, 1.82) is 0 Å². The number of carboxylic acids is 1. The van der Waals surface area contributed by atoms with E-state index in [1.165, 1.54) is 6.07 Å². The number of aryl methyl sites for hydroxylation is 1. The summed E-state index contributed by atoms with van der Waals surface area (Å²) in [5.74, 6) is -0.444. The minimum absolute atomic E-state index is 0.185. The molecule has 1 atom stereocenters. The SMILES string of the molecule is CCCC1CCc2[nH]c(=O)cc(C(=O)O)c2C1. The van der Waals surface area contributed by atoms with E-state index in [2.05, 4.69) is 11.9 Å². The molecule has 17 heavy (non-hydrogen) atoms. The minimum Gasteiger partial charge on any atom is -0.478 e. The standard InChI is InChI=1S/C13H17NO3/c1-2-3-8-4-5-11-9(6-8)10(13(16)17)7-12(15)14-11/h7-8H,2-6H2,1H3,(H,14,15)(H,16,17). The highest BCUT2D eigenvalue weighted by Gasteiger charge is 2.23.